The summed E-state index contributed by atoms with van der Waals surface area (Å²) in [5.74, 6) is -0.617. The number of hydrogen-bond acceptors (Lipinski definition) is 3. The molecule has 0 N–H and O–H groups in total. The summed E-state index contributed by atoms with van der Waals surface area (Å²) in [5, 5.41) is 0. The number of hydrogen-bond donors (Lipinski definition) is 0. The second kappa shape index (κ2) is 7.04. The molecule has 0 saturated carbocycles. The van der Waals surface area contributed by atoms with Crippen molar-refractivity contribution in [1.82, 2.24) is 4.90 Å². The van der Waals surface area contributed by atoms with Gasteiger partial charge in [-0.2, -0.15) is 0 Å². The Morgan fingerprint density at radius 2 is 1.87 bits per heavy atom. The van der Waals surface area contributed by atoms with Crippen LogP contribution in [0.4, 0.5) is 0 Å². The van der Waals surface area contributed by atoms with Crippen molar-refractivity contribution in [2.75, 3.05) is 12.3 Å². The van der Waals surface area contributed by atoms with E-state index in [9.17, 15) is 13.2 Å². The number of carbonyl (C=O) groups excluding carboxylic acids is 1. The van der Waals surface area contributed by atoms with E-state index in [4.69, 9.17) is 0 Å². The quantitative estimate of drug-likeness (QED) is 0.830. The van der Waals surface area contributed by atoms with Crippen molar-refractivity contribution in [3.05, 3.63) is 35.9 Å². The van der Waals surface area contributed by atoms with Crippen molar-refractivity contribution in [3.63, 3.8) is 0 Å². The number of likely N-dealkylation sites (tertiary alicyclic amines) is 1. The topological polar surface area (TPSA) is 54.5 Å². The molecule has 23 heavy (non-hydrogen) atoms. The summed E-state index contributed by atoms with van der Waals surface area (Å²) >= 11 is 0. The van der Waals surface area contributed by atoms with Crippen LogP contribution in [0.3, 0.4) is 0 Å². The molecule has 5 heteroatoms. The van der Waals surface area contributed by atoms with E-state index >= 15 is 0 Å². The smallest absolute Gasteiger partial charge is 0.238 e. The van der Waals surface area contributed by atoms with Crippen molar-refractivity contribution in [2.45, 2.75) is 57.2 Å². The Labute approximate surface area is 139 Å². The Morgan fingerprint density at radius 3 is 2.48 bits per heavy atom. The molecule has 1 saturated heterocycles. The molecule has 1 aliphatic heterocycles. The molecular formula is C18H27NO3S. The van der Waals surface area contributed by atoms with Crippen LogP contribution in [0.15, 0.2) is 30.3 Å². The first kappa shape index (κ1) is 18.0. The Balaban J connectivity index is 1.97. The largest absolute Gasteiger partial charge is 0.339 e. The predicted octanol–water partition coefficient (Wildman–Crippen LogP) is 2.82. The summed E-state index contributed by atoms with van der Waals surface area (Å²) in [6.45, 7) is 5.61. The van der Waals surface area contributed by atoms with Gasteiger partial charge in [-0.25, -0.2) is 8.42 Å². The van der Waals surface area contributed by atoms with Gasteiger partial charge >= 0.3 is 0 Å². The van der Waals surface area contributed by atoms with Crippen LogP contribution in [0.25, 0.3) is 0 Å². The highest BCUT2D eigenvalue weighted by molar-refractivity contribution is 7.93. The molecule has 1 amide bonds. The summed E-state index contributed by atoms with van der Waals surface area (Å²) in [4.78, 5) is 14.3. The Hall–Kier alpha value is -1.36. The summed E-state index contributed by atoms with van der Waals surface area (Å²) < 4.78 is 23.6. The summed E-state index contributed by atoms with van der Waals surface area (Å²) in [5.41, 5.74) is 1.26. The maximum absolute atomic E-state index is 12.5. The normalized spacial score (nSPS) is 19.1. The lowest BCUT2D eigenvalue weighted by atomic mass is 10.0. The van der Waals surface area contributed by atoms with E-state index in [-0.39, 0.29) is 17.7 Å². The molecule has 1 atom stereocenters. The van der Waals surface area contributed by atoms with E-state index in [2.05, 4.69) is 12.1 Å². The van der Waals surface area contributed by atoms with Gasteiger partial charge < -0.3 is 4.90 Å². The minimum atomic E-state index is -3.42. The minimum absolute atomic E-state index is 0.165. The lowest BCUT2D eigenvalue weighted by Crippen LogP contribution is -2.43. The third-order valence-corrected chi connectivity index (χ3v) is 7.05. The average molecular weight is 337 g/mol. The first-order chi connectivity index (χ1) is 10.7. The summed E-state index contributed by atoms with van der Waals surface area (Å²) in [7, 11) is -3.42. The van der Waals surface area contributed by atoms with Crippen molar-refractivity contribution in [3.8, 4) is 0 Å². The number of benzene rings is 1. The SMILES string of the molecule is CC(C)(C)S(=O)(=O)CC(=O)N1CCCC1CCc1ccccc1. The fourth-order valence-corrected chi connectivity index (χ4v) is 3.83. The van der Waals surface area contributed by atoms with Gasteiger partial charge in [0.05, 0.1) is 4.75 Å². The number of aryl methyl sites for hydroxylation is 1. The standard InChI is InChI=1S/C18H27NO3S/c1-18(2,3)23(21,22)14-17(20)19-13-7-10-16(19)12-11-15-8-5-4-6-9-15/h4-6,8-9,16H,7,10-14H2,1-3H3. The molecular weight excluding hydrogens is 310 g/mol. The van der Waals surface area contributed by atoms with Gasteiger partial charge in [-0.05, 0) is 52.0 Å². The van der Waals surface area contributed by atoms with Gasteiger partial charge in [0.15, 0.2) is 9.84 Å². The second-order valence-electron chi connectivity index (χ2n) is 7.28. The van der Waals surface area contributed by atoms with Crippen molar-refractivity contribution < 1.29 is 13.2 Å². The molecule has 1 heterocycles. The lowest BCUT2D eigenvalue weighted by Gasteiger charge is -2.27. The maximum Gasteiger partial charge on any atom is 0.238 e. The highest BCUT2D eigenvalue weighted by atomic mass is 32.2. The number of sulfone groups is 1. The molecule has 2 rings (SSSR count). The molecule has 0 aliphatic carbocycles. The van der Waals surface area contributed by atoms with Gasteiger partial charge in [0, 0.05) is 12.6 Å². The monoisotopic (exact) mass is 337 g/mol. The van der Waals surface area contributed by atoms with Gasteiger partial charge in [0.1, 0.15) is 5.75 Å². The molecule has 128 valence electrons. The second-order valence-corrected chi connectivity index (χ2v) is 10.0. The van der Waals surface area contributed by atoms with E-state index in [1.165, 1.54) is 5.56 Å². The third kappa shape index (κ3) is 4.56. The van der Waals surface area contributed by atoms with E-state index in [1.54, 1.807) is 25.7 Å². The zero-order valence-corrected chi connectivity index (χ0v) is 15.1. The van der Waals surface area contributed by atoms with Crippen molar-refractivity contribution in [2.24, 2.45) is 0 Å². The average Bonchev–Trinajstić information content (AvgIpc) is 2.93. The molecule has 0 aromatic heterocycles. The molecule has 1 aliphatic rings. The van der Waals surface area contributed by atoms with Crippen LogP contribution >= 0.6 is 0 Å². The van der Waals surface area contributed by atoms with Gasteiger partial charge in [-0.1, -0.05) is 30.3 Å². The molecule has 0 bridgehead atoms. The number of amides is 1. The van der Waals surface area contributed by atoms with Crippen molar-refractivity contribution in [1.29, 1.82) is 0 Å². The molecule has 1 aromatic carbocycles. The van der Waals surface area contributed by atoms with Crippen LogP contribution in [-0.4, -0.2) is 42.3 Å². The van der Waals surface area contributed by atoms with Gasteiger partial charge in [0.2, 0.25) is 5.91 Å². The van der Waals surface area contributed by atoms with E-state index in [0.717, 1.165) is 25.7 Å². The Morgan fingerprint density at radius 1 is 1.22 bits per heavy atom. The molecule has 1 fully saturated rings. The molecule has 4 nitrogen and oxygen atoms in total. The van der Waals surface area contributed by atoms with Crippen molar-refractivity contribution >= 4 is 15.7 Å². The van der Waals surface area contributed by atoms with Gasteiger partial charge in [0.25, 0.3) is 0 Å². The molecule has 1 unspecified atom stereocenters. The Kier molecular flexibility index (Phi) is 5.50. The summed E-state index contributed by atoms with van der Waals surface area (Å²) in [6, 6.07) is 10.4. The van der Waals surface area contributed by atoms with Crippen LogP contribution in [0.5, 0.6) is 0 Å². The zero-order valence-electron chi connectivity index (χ0n) is 14.3. The zero-order chi connectivity index (χ0) is 17.1. The first-order valence-corrected chi connectivity index (χ1v) is 9.91. The van der Waals surface area contributed by atoms with Gasteiger partial charge in [-0.15, -0.1) is 0 Å². The fraction of sp³-hybridized carbons (Fsp3) is 0.611. The minimum Gasteiger partial charge on any atom is -0.339 e. The van der Waals surface area contributed by atoms with Crippen LogP contribution in [0, 0.1) is 0 Å². The molecule has 0 spiro atoms. The molecule has 0 radical (unpaired) electrons. The lowest BCUT2D eigenvalue weighted by molar-refractivity contribution is -0.129. The highest BCUT2D eigenvalue weighted by Gasteiger charge is 2.36. The van der Waals surface area contributed by atoms with Gasteiger partial charge in [-0.3, -0.25) is 4.79 Å². The fourth-order valence-electron chi connectivity index (χ4n) is 2.90. The highest BCUT2D eigenvalue weighted by Crippen LogP contribution is 2.24. The number of carbonyl (C=O) groups is 1. The Bertz CT molecular complexity index is 632. The van der Waals surface area contributed by atoms with Crippen LogP contribution < -0.4 is 0 Å². The maximum atomic E-state index is 12.5. The number of nitrogens with zero attached hydrogens (tertiary/aromatic N) is 1. The van der Waals surface area contributed by atoms with E-state index in [0.29, 0.717) is 6.54 Å². The van der Waals surface area contributed by atoms with E-state index in [1.807, 2.05) is 18.2 Å². The van der Waals surface area contributed by atoms with Crippen LogP contribution in [0.2, 0.25) is 0 Å². The predicted molar refractivity (Wildman–Crippen MR) is 93.0 cm³/mol. The van der Waals surface area contributed by atoms with E-state index < -0.39 is 14.6 Å². The van der Waals surface area contributed by atoms with Crippen LogP contribution in [-0.2, 0) is 21.1 Å². The molecule has 1 aromatic rings. The third-order valence-electron chi connectivity index (χ3n) is 4.55. The summed E-state index contributed by atoms with van der Waals surface area (Å²) in [6.07, 6.45) is 3.74. The first-order valence-electron chi connectivity index (χ1n) is 8.26. The van der Waals surface area contributed by atoms with Crippen LogP contribution in [0.1, 0.15) is 45.6 Å². The number of rotatable bonds is 5.